The Balaban J connectivity index is 1.82. The van der Waals surface area contributed by atoms with Crippen LogP contribution in [0.3, 0.4) is 0 Å². The molecule has 1 heterocycles. The molecule has 1 aromatic carbocycles. The van der Waals surface area contributed by atoms with Crippen molar-refractivity contribution in [3.05, 3.63) is 48.0 Å². The molecule has 19 heavy (non-hydrogen) atoms. The Morgan fingerprint density at radius 3 is 2.79 bits per heavy atom. The van der Waals surface area contributed by atoms with Crippen LogP contribution in [0.2, 0.25) is 0 Å². The van der Waals surface area contributed by atoms with Crippen LogP contribution < -0.4 is 4.74 Å². The highest BCUT2D eigenvalue weighted by Crippen LogP contribution is 2.11. The minimum absolute atomic E-state index is 0.0833. The first kappa shape index (κ1) is 13.1. The fourth-order valence-corrected chi connectivity index (χ4v) is 1.51. The van der Waals surface area contributed by atoms with Crippen LogP contribution in [0.15, 0.2) is 36.7 Å². The average molecular weight is 263 g/mol. The summed E-state index contributed by atoms with van der Waals surface area (Å²) in [4.78, 5) is 13.3. The molecular formula is C13H14FN3O2. The molecule has 100 valence electrons. The van der Waals surface area contributed by atoms with Gasteiger partial charge in [0.05, 0.1) is 6.20 Å². The largest absolute Gasteiger partial charge is 0.484 e. The van der Waals surface area contributed by atoms with E-state index < -0.39 is 0 Å². The second-order valence-electron chi connectivity index (χ2n) is 4.10. The van der Waals surface area contributed by atoms with E-state index in [2.05, 4.69) is 10.2 Å². The number of hydrogen-bond donors (Lipinski definition) is 1. The molecule has 0 aliphatic rings. The van der Waals surface area contributed by atoms with Crippen molar-refractivity contribution in [2.45, 2.75) is 6.54 Å². The number of likely N-dealkylation sites (N-methyl/N-ethyl adjacent to an activating group) is 1. The highest BCUT2D eigenvalue weighted by atomic mass is 19.1. The Morgan fingerprint density at radius 2 is 2.16 bits per heavy atom. The van der Waals surface area contributed by atoms with Gasteiger partial charge in [-0.05, 0) is 24.3 Å². The molecule has 2 rings (SSSR count). The number of amides is 1. The van der Waals surface area contributed by atoms with Gasteiger partial charge in [-0.2, -0.15) is 5.10 Å². The topological polar surface area (TPSA) is 58.2 Å². The van der Waals surface area contributed by atoms with Crippen LogP contribution in [0.25, 0.3) is 0 Å². The summed E-state index contributed by atoms with van der Waals surface area (Å²) in [6.45, 7) is 0.377. The van der Waals surface area contributed by atoms with Gasteiger partial charge in [0.1, 0.15) is 11.6 Å². The predicted molar refractivity (Wildman–Crippen MR) is 67.0 cm³/mol. The third-order valence-electron chi connectivity index (χ3n) is 2.58. The summed E-state index contributed by atoms with van der Waals surface area (Å²) >= 11 is 0. The smallest absolute Gasteiger partial charge is 0.260 e. The number of halogens is 1. The van der Waals surface area contributed by atoms with Crippen LogP contribution in [0.4, 0.5) is 4.39 Å². The normalized spacial score (nSPS) is 10.2. The molecule has 1 N–H and O–H groups in total. The summed E-state index contributed by atoms with van der Waals surface area (Å²) in [6.07, 6.45) is 3.38. The Morgan fingerprint density at radius 1 is 1.42 bits per heavy atom. The predicted octanol–water partition coefficient (Wildman–Crippen LogP) is 1.59. The van der Waals surface area contributed by atoms with Crippen molar-refractivity contribution in [3.8, 4) is 5.75 Å². The molecule has 0 saturated heterocycles. The van der Waals surface area contributed by atoms with Crippen molar-refractivity contribution >= 4 is 5.91 Å². The van der Waals surface area contributed by atoms with Gasteiger partial charge in [-0.3, -0.25) is 9.89 Å². The molecule has 0 radical (unpaired) electrons. The maximum atomic E-state index is 12.7. The number of H-pyrrole nitrogens is 1. The van der Waals surface area contributed by atoms with Gasteiger partial charge < -0.3 is 9.64 Å². The Hall–Kier alpha value is -2.37. The van der Waals surface area contributed by atoms with Crippen molar-refractivity contribution in [1.29, 1.82) is 0 Å². The van der Waals surface area contributed by atoms with E-state index in [0.29, 0.717) is 12.3 Å². The molecule has 5 nitrogen and oxygen atoms in total. The van der Waals surface area contributed by atoms with Gasteiger partial charge in [0.25, 0.3) is 5.91 Å². The van der Waals surface area contributed by atoms with E-state index in [1.807, 2.05) is 0 Å². The fourth-order valence-electron chi connectivity index (χ4n) is 1.51. The molecule has 0 aliphatic heterocycles. The SMILES string of the molecule is CN(Cc1cn[nH]c1)C(=O)COc1ccc(F)cc1. The zero-order chi connectivity index (χ0) is 13.7. The summed E-state index contributed by atoms with van der Waals surface area (Å²) in [5, 5.41) is 6.49. The van der Waals surface area contributed by atoms with Crippen LogP contribution in [-0.4, -0.2) is 34.7 Å². The number of carbonyl (C=O) groups excluding carboxylic acids is 1. The standard InChI is InChI=1S/C13H14FN3O2/c1-17(8-10-6-15-16-7-10)13(18)9-19-12-4-2-11(14)3-5-12/h2-7H,8-9H2,1H3,(H,15,16). The zero-order valence-corrected chi connectivity index (χ0v) is 10.5. The lowest BCUT2D eigenvalue weighted by Crippen LogP contribution is -2.30. The van der Waals surface area contributed by atoms with E-state index in [1.165, 1.54) is 29.2 Å². The quantitative estimate of drug-likeness (QED) is 0.891. The van der Waals surface area contributed by atoms with Gasteiger partial charge in [0.15, 0.2) is 6.61 Å². The van der Waals surface area contributed by atoms with Gasteiger partial charge in [-0.25, -0.2) is 4.39 Å². The highest BCUT2D eigenvalue weighted by Gasteiger charge is 2.10. The number of nitrogens with one attached hydrogen (secondary N) is 1. The van der Waals surface area contributed by atoms with Crippen molar-refractivity contribution in [2.24, 2.45) is 0 Å². The second kappa shape index (κ2) is 5.99. The summed E-state index contributed by atoms with van der Waals surface area (Å²) in [5.41, 5.74) is 0.914. The van der Waals surface area contributed by atoms with E-state index in [4.69, 9.17) is 4.74 Å². The first-order valence-corrected chi connectivity index (χ1v) is 5.75. The summed E-state index contributed by atoms with van der Waals surface area (Å²) in [5.74, 6) is -0.0345. The molecule has 0 saturated carbocycles. The van der Waals surface area contributed by atoms with Crippen LogP contribution in [0, 0.1) is 5.82 Å². The van der Waals surface area contributed by atoms with Crippen LogP contribution in [-0.2, 0) is 11.3 Å². The Kier molecular flexibility index (Phi) is 4.12. The van der Waals surface area contributed by atoms with Crippen molar-refractivity contribution in [1.82, 2.24) is 15.1 Å². The van der Waals surface area contributed by atoms with Gasteiger partial charge in [0.2, 0.25) is 0 Å². The number of carbonyl (C=O) groups is 1. The number of ether oxygens (including phenoxy) is 1. The second-order valence-corrected chi connectivity index (χ2v) is 4.10. The molecule has 0 atom stereocenters. The average Bonchev–Trinajstić information content (AvgIpc) is 2.90. The maximum absolute atomic E-state index is 12.7. The van der Waals surface area contributed by atoms with E-state index in [-0.39, 0.29) is 18.3 Å². The van der Waals surface area contributed by atoms with E-state index >= 15 is 0 Å². The summed E-state index contributed by atoms with van der Waals surface area (Å²) in [7, 11) is 1.68. The lowest BCUT2D eigenvalue weighted by Gasteiger charge is -2.16. The summed E-state index contributed by atoms with van der Waals surface area (Å²) in [6, 6.07) is 5.54. The van der Waals surface area contributed by atoms with Crippen LogP contribution in [0.1, 0.15) is 5.56 Å². The molecule has 1 aromatic heterocycles. The van der Waals surface area contributed by atoms with Gasteiger partial charge in [-0.15, -0.1) is 0 Å². The van der Waals surface area contributed by atoms with Crippen LogP contribution in [0.5, 0.6) is 5.75 Å². The third kappa shape index (κ3) is 3.80. The lowest BCUT2D eigenvalue weighted by atomic mass is 10.3. The molecule has 2 aromatic rings. The minimum atomic E-state index is -0.337. The minimum Gasteiger partial charge on any atom is -0.484 e. The van der Waals surface area contributed by atoms with E-state index in [0.717, 1.165) is 5.56 Å². The summed E-state index contributed by atoms with van der Waals surface area (Å²) < 4.78 is 18.0. The van der Waals surface area contributed by atoms with Gasteiger partial charge >= 0.3 is 0 Å². The fraction of sp³-hybridized carbons (Fsp3) is 0.231. The molecule has 0 aliphatic carbocycles. The third-order valence-corrected chi connectivity index (χ3v) is 2.58. The Labute approximate surface area is 110 Å². The van der Waals surface area contributed by atoms with Crippen molar-refractivity contribution in [3.63, 3.8) is 0 Å². The number of aromatic nitrogens is 2. The molecule has 0 bridgehead atoms. The molecule has 0 spiro atoms. The number of nitrogens with zero attached hydrogens (tertiary/aromatic N) is 2. The van der Waals surface area contributed by atoms with Crippen LogP contribution >= 0.6 is 0 Å². The first-order valence-electron chi connectivity index (χ1n) is 5.75. The van der Waals surface area contributed by atoms with E-state index in [9.17, 15) is 9.18 Å². The lowest BCUT2D eigenvalue weighted by molar-refractivity contribution is -0.132. The Bertz CT molecular complexity index is 525. The van der Waals surface area contributed by atoms with E-state index in [1.54, 1.807) is 19.4 Å². The molecule has 0 unspecified atom stereocenters. The molecular weight excluding hydrogens is 249 g/mol. The highest BCUT2D eigenvalue weighted by molar-refractivity contribution is 5.77. The number of hydrogen-bond acceptors (Lipinski definition) is 3. The van der Waals surface area contributed by atoms with Gasteiger partial charge in [0, 0.05) is 25.4 Å². The number of rotatable bonds is 5. The molecule has 6 heteroatoms. The number of aromatic amines is 1. The number of benzene rings is 1. The molecule has 1 amide bonds. The molecule has 0 fully saturated rings. The van der Waals surface area contributed by atoms with Gasteiger partial charge in [-0.1, -0.05) is 0 Å². The van der Waals surface area contributed by atoms with Crippen molar-refractivity contribution in [2.75, 3.05) is 13.7 Å². The maximum Gasteiger partial charge on any atom is 0.260 e. The zero-order valence-electron chi connectivity index (χ0n) is 10.5. The monoisotopic (exact) mass is 263 g/mol. The first-order chi connectivity index (χ1) is 9.15. The van der Waals surface area contributed by atoms with Crippen molar-refractivity contribution < 1.29 is 13.9 Å².